The Morgan fingerprint density at radius 2 is 1.78 bits per heavy atom. The average Bonchev–Trinajstić information content (AvgIpc) is 2.74. The van der Waals surface area contributed by atoms with Gasteiger partial charge in [0, 0.05) is 12.8 Å². The zero-order valence-electron chi connectivity index (χ0n) is 18.9. The normalized spacial score (nSPS) is 15.6. The lowest BCUT2D eigenvalue weighted by atomic mass is 9.90. The van der Waals surface area contributed by atoms with E-state index in [1.165, 1.54) is 12.0 Å². The molecule has 0 saturated carbocycles. The molecule has 0 saturated heterocycles. The topological polar surface area (TPSA) is 93.1 Å². The van der Waals surface area contributed by atoms with Gasteiger partial charge in [0.2, 0.25) is 0 Å². The van der Waals surface area contributed by atoms with Crippen LogP contribution < -0.4 is 0 Å². The van der Waals surface area contributed by atoms with Crippen molar-refractivity contribution in [1.82, 2.24) is 4.90 Å². The molecule has 0 aromatic heterocycles. The number of hydrogen-bond acceptors (Lipinski definition) is 5. The first kappa shape index (κ1) is 23.3. The van der Waals surface area contributed by atoms with Crippen molar-refractivity contribution in [3.8, 4) is 11.1 Å². The van der Waals surface area contributed by atoms with E-state index in [-0.39, 0.29) is 13.0 Å². The number of methoxy groups -OCH3 is 1. The van der Waals surface area contributed by atoms with Gasteiger partial charge in [0.25, 0.3) is 0 Å². The molecule has 0 fully saturated rings. The molecule has 7 heteroatoms. The van der Waals surface area contributed by atoms with Crippen molar-refractivity contribution in [2.45, 2.75) is 58.2 Å². The van der Waals surface area contributed by atoms with Crippen LogP contribution in [0.3, 0.4) is 0 Å². The van der Waals surface area contributed by atoms with Gasteiger partial charge in [0.05, 0.1) is 13.7 Å². The van der Waals surface area contributed by atoms with Crippen molar-refractivity contribution in [3.05, 3.63) is 59.2 Å². The molecule has 1 heterocycles. The third-order valence-corrected chi connectivity index (χ3v) is 5.33. The van der Waals surface area contributed by atoms with E-state index in [0.29, 0.717) is 12.8 Å². The molecule has 1 atom stereocenters. The van der Waals surface area contributed by atoms with Crippen molar-refractivity contribution < 1.29 is 29.0 Å². The zero-order chi connectivity index (χ0) is 23.5. The summed E-state index contributed by atoms with van der Waals surface area (Å²) in [6.07, 6.45) is 0.320. The minimum atomic E-state index is -0.826. The molecule has 1 N–H and O–H groups in total. The van der Waals surface area contributed by atoms with E-state index >= 15 is 0 Å². The summed E-state index contributed by atoms with van der Waals surface area (Å²) in [6, 6.07) is 13.0. The summed E-state index contributed by atoms with van der Waals surface area (Å²) < 4.78 is 10.5. The quantitative estimate of drug-likeness (QED) is 0.702. The molecular formula is C25H29NO6. The largest absolute Gasteiger partial charge is 0.481 e. The number of rotatable bonds is 5. The van der Waals surface area contributed by atoms with Gasteiger partial charge in [0.15, 0.2) is 0 Å². The summed E-state index contributed by atoms with van der Waals surface area (Å²) in [7, 11) is 1.31. The molecule has 1 amide bonds. The number of aryl methyl sites for hydroxylation is 1. The van der Waals surface area contributed by atoms with Crippen LogP contribution >= 0.6 is 0 Å². The van der Waals surface area contributed by atoms with E-state index in [2.05, 4.69) is 0 Å². The SMILES string of the molecule is COC(=O)C1Cc2cc(-c3cccc(CCC(=O)O)c3)ccc2CN1C(=O)OC(C)(C)C. The zero-order valence-corrected chi connectivity index (χ0v) is 18.9. The summed E-state index contributed by atoms with van der Waals surface area (Å²) in [5, 5.41) is 8.93. The van der Waals surface area contributed by atoms with Crippen LogP contribution in [0.25, 0.3) is 11.1 Å². The van der Waals surface area contributed by atoms with Crippen molar-refractivity contribution in [2.75, 3.05) is 7.11 Å². The maximum Gasteiger partial charge on any atom is 0.411 e. The molecule has 0 radical (unpaired) electrons. The van der Waals surface area contributed by atoms with Crippen LogP contribution in [0.5, 0.6) is 0 Å². The second-order valence-corrected chi connectivity index (χ2v) is 8.93. The minimum absolute atomic E-state index is 0.0783. The monoisotopic (exact) mass is 439 g/mol. The number of esters is 1. The highest BCUT2D eigenvalue weighted by atomic mass is 16.6. The maximum atomic E-state index is 12.7. The van der Waals surface area contributed by atoms with Crippen LogP contribution in [0.1, 0.15) is 43.9 Å². The predicted molar refractivity (Wildman–Crippen MR) is 119 cm³/mol. The third-order valence-electron chi connectivity index (χ3n) is 5.33. The van der Waals surface area contributed by atoms with Gasteiger partial charge < -0.3 is 14.6 Å². The Morgan fingerprint density at radius 1 is 1.06 bits per heavy atom. The Labute approximate surface area is 187 Å². The van der Waals surface area contributed by atoms with Crippen LogP contribution in [0.2, 0.25) is 0 Å². The van der Waals surface area contributed by atoms with Crippen LogP contribution in [-0.4, -0.2) is 46.8 Å². The molecule has 1 aliphatic heterocycles. The summed E-state index contributed by atoms with van der Waals surface area (Å²) in [4.78, 5) is 37.5. The van der Waals surface area contributed by atoms with Gasteiger partial charge in [-0.25, -0.2) is 9.59 Å². The fraction of sp³-hybridized carbons (Fsp3) is 0.400. The first-order valence-corrected chi connectivity index (χ1v) is 10.6. The van der Waals surface area contributed by atoms with Gasteiger partial charge >= 0.3 is 18.0 Å². The maximum absolute atomic E-state index is 12.7. The highest BCUT2D eigenvalue weighted by Crippen LogP contribution is 2.30. The highest BCUT2D eigenvalue weighted by molar-refractivity contribution is 5.83. The standard InChI is InChI=1S/C25H29NO6/c1-25(2,3)32-24(30)26-15-19-10-9-18(13-20(19)14-21(26)23(29)31-4)17-7-5-6-16(12-17)8-11-22(27)28/h5-7,9-10,12-13,21H,8,11,14-15H2,1-4H3,(H,27,28). The Kier molecular flexibility index (Phi) is 6.87. The number of carbonyl (C=O) groups is 3. The Morgan fingerprint density at radius 3 is 2.44 bits per heavy atom. The van der Waals surface area contributed by atoms with Crippen molar-refractivity contribution in [1.29, 1.82) is 0 Å². The fourth-order valence-corrected chi connectivity index (χ4v) is 3.78. The molecule has 2 aromatic carbocycles. The molecule has 170 valence electrons. The number of carboxylic acid groups (broad SMARTS) is 1. The van der Waals surface area contributed by atoms with E-state index in [1.54, 1.807) is 20.8 Å². The number of nitrogens with zero attached hydrogens (tertiary/aromatic N) is 1. The van der Waals surface area contributed by atoms with Gasteiger partial charge in [-0.2, -0.15) is 0 Å². The van der Waals surface area contributed by atoms with E-state index < -0.39 is 29.7 Å². The lowest BCUT2D eigenvalue weighted by molar-refractivity contribution is -0.147. The molecule has 7 nitrogen and oxygen atoms in total. The van der Waals surface area contributed by atoms with Gasteiger partial charge in [-0.05, 0) is 55.0 Å². The summed E-state index contributed by atoms with van der Waals surface area (Å²) in [5.74, 6) is -1.31. The van der Waals surface area contributed by atoms with Gasteiger partial charge in [-0.15, -0.1) is 0 Å². The van der Waals surface area contributed by atoms with E-state index in [0.717, 1.165) is 27.8 Å². The van der Waals surface area contributed by atoms with Gasteiger partial charge in [0.1, 0.15) is 11.6 Å². The molecule has 32 heavy (non-hydrogen) atoms. The minimum Gasteiger partial charge on any atom is -0.481 e. The Hall–Kier alpha value is -3.35. The number of ether oxygens (including phenoxy) is 2. The number of carboxylic acids is 1. The molecule has 2 aromatic rings. The van der Waals surface area contributed by atoms with E-state index in [4.69, 9.17) is 14.6 Å². The van der Waals surface area contributed by atoms with Crippen molar-refractivity contribution in [2.24, 2.45) is 0 Å². The fourth-order valence-electron chi connectivity index (χ4n) is 3.78. The molecule has 0 aliphatic carbocycles. The molecule has 1 aliphatic rings. The number of aliphatic carboxylic acids is 1. The van der Waals surface area contributed by atoms with Gasteiger partial charge in [-0.1, -0.05) is 42.5 Å². The first-order chi connectivity index (χ1) is 15.1. The molecule has 0 bridgehead atoms. The lowest BCUT2D eigenvalue weighted by Gasteiger charge is -2.36. The third kappa shape index (κ3) is 5.66. The number of carbonyl (C=O) groups excluding carboxylic acids is 2. The highest BCUT2D eigenvalue weighted by Gasteiger charge is 2.37. The molecule has 3 rings (SSSR count). The van der Waals surface area contributed by atoms with Crippen molar-refractivity contribution >= 4 is 18.0 Å². The number of amides is 1. The van der Waals surface area contributed by atoms with Crippen LogP contribution in [-0.2, 0) is 38.4 Å². The predicted octanol–water partition coefficient (Wildman–Crippen LogP) is 4.21. The van der Waals surface area contributed by atoms with Crippen LogP contribution in [0.15, 0.2) is 42.5 Å². The molecule has 0 spiro atoms. The average molecular weight is 440 g/mol. The second kappa shape index (κ2) is 9.42. The summed E-state index contributed by atoms with van der Waals surface area (Å²) in [6.45, 7) is 5.61. The molecular weight excluding hydrogens is 410 g/mol. The Bertz CT molecular complexity index is 1020. The smallest absolute Gasteiger partial charge is 0.411 e. The number of benzene rings is 2. The van der Waals surface area contributed by atoms with Crippen LogP contribution in [0, 0.1) is 0 Å². The summed E-state index contributed by atoms with van der Waals surface area (Å²) in [5.41, 5.74) is 4.13. The van der Waals surface area contributed by atoms with E-state index in [9.17, 15) is 14.4 Å². The summed E-state index contributed by atoms with van der Waals surface area (Å²) >= 11 is 0. The number of hydrogen-bond donors (Lipinski definition) is 1. The Balaban J connectivity index is 1.89. The van der Waals surface area contributed by atoms with Crippen LogP contribution in [0.4, 0.5) is 4.79 Å². The van der Waals surface area contributed by atoms with E-state index in [1.807, 2.05) is 42.5 Å². The van der Waals surface area contributed by atoms with Crippen molar-refractivity contribution in [3.63, 3.8) is 0 Å². The first-order valence-electron chi connectivity index (χ1n) is 10.6. The number of fused-ring (bicyclic) bond motifs is 1. The molecule has 1 unspecified atom stereocenters. The second-order valence-electron chi connectivity index (χ2n) is 8.93. The van der Waals surface area contributed by atoms with Gasteiger partial charge in [-0.3, -0.25) is 9.69 Å². The lowest BCUT2D eigenvalue weighted by Crippen LogP contribution is -2.50.